The van der Waals surface area contributed by atoms with Crippen molar-refractivity contribution in [2.75, 3.05) is 20.3 Å². The summed E-state index contributed by atoms with van der Waals surface area (Å²) >= 11 is 0. The van der Waals surface area contributed by atoms with Crippen molar-refractivity contribution in [1.82, 2.24) is 20.2 Å². The highest BCUT2D eigenvalue weighted by atomic mass is 19.1. The van der Waals surface area contributed by atoms with E-state index in [9.17, 15) is 13.6 Å². The maximum Gasteiger partial charge on any atom is 0.185 e. The number of ether oxygens (including phenoxy) is 2. The highest BCUT2D eigenvalue weighted by molar-refractivity contribution is 6.01. The Labute approximate surface area is 177 Å². The molecule has 1 aromatic heterocycles. The zero-order valence-corrected chi connectivity index (χ0v) is 16.7. The van der Waals surface area contributed by atoms with E-state index in [1.165, 1.54) is 35.0 Å². The normalized spacial score (nSPS) is 11.1. The number of tetrazole rings is 1. The van der Waals surface area contributed by atoms with Crippen LogP contribution in [-0.4, -0.2) is 46.8 Å². The number of rotatable bonds is 10. The summed E-state index contributed by atoms with van der Waals surface area (Å²) in [6, 6.07) is 11.6. The molecule has 0 saturated carbocycles. The minimum atomic E-state index is -0.399. The monoisotopic (exact) mass is 426 g/mol. The number of aromatic nitrogens is 4. The van der Waals surface area contributed by atoms with E-state index in [4.69, 9.17) is 9.47 Å². The van der Waals surface area contributed by atoms with Crippen LogP contribution >= 0.6 is 0 Å². The van der Waals surface area contributed by atoms with Gasteiger partial charge in [-0.15, -0.1) is 5.10 Å². The van der Waals surface area contributed by atoms with Gasteiger partial charge in [0.05, 0.1) is 13.2 Å². The Hall–Kier alpha value is -3.56. The number of allylic oxidation sites excluding steroid dienone is 3. The minimum absolute atomic E-state index is 0.0459. The predicted octanol–water partition coefficient (Wildman–Crippen LogP) is 3.29. The summed E-state index contributed by atoms with van der Waals surface area (Å²) < 4.78 is 39.0. The summed E-state index contributed by atoms with van der Waals surface area (Å²) in [5.41, 5.74) is 2.33. The first-order valence-corrected chi connectivity index (χ1v) is 9.35. The van der Waals surface area contributed by atoms with Crippen LogP contribution in [0.5, 0.6) is 0 Å². The number of hydrogen-bond acceptors (Lipinski definition) is 6. The number of benzene rings is 2. The van der Waals surface area contributed by atoms with Gasteiger partial charge in [0.25, 0.3) is 0 Å². The van der Waals surface area contributed by atoms with Crippen molar-refractivity contribution in [3.05, 3.63) is 89.3 Å². The maximum atomic E-state index is 13.6. The first-order chi connectivity index (χ1) is 15.1. The van der Waals surface area contributed by atoms with Crippen LogP contribution in [0.1, 0.15) is 17.0 Å². The third kappa shape index (κ3) is 5.74. The fraction of sp³-hybridized carbons (Fsp3) is 0.182. The number of hydrogen-bond donors (Lipinski definition) is 0. The molecule has 0 spiro atoms. The van der Waals surface area contributed by atoms with Gasteiger partial charge in [-0.2, -0.15) is 4.68 Å². The Morgan fingerprint density at radius 2 is 1.61 bits per heavy atom. The average molecular weight is 426 g/mol. The second kappa shape index (κ2) is 11.0. The van der Waals surface area contributed by atoms with Crippen LogP contribution in [0.15, 0.2) is 60.7 Å². The standard InChI is InChI=1S/C22H20F2N4O3/c1-30-13-14-31-15-28-22(25-26-27-28)20(3-2-12-29)21(16-4-8-18(23)9-5-16)17-6-10-19(24)11-7-17/h2-12H,13-15H2,1H3/b3-2+. The van der Waals surface area contributed by atoms with E-state index in [1.807, 2.05) is 0 Å². The maximum absolute atomic E-state index is 13.6. The third-order valence-corrected chi connectivity index (χ3v) is 4.29. The molecule has 0 atom stereocenters. The van der Waals surface area contributed by atoms with Crippen LogP contribution in [0.25, 0.3) is 11.1 Å². The van der Waals surface area contributed by atoms with Crippen LogP contribution in [-0.2, 0) is 21.0 Å². The number of halogens is 2. The van der Waals surface area contributed by atoms with E-state index in [1.54, 1.807) is 37.5 Å². The van der Waals surface area contributed by atoms with E-state index in [2.05, 4.69) is 15.5 Å². The third-order valence-electron chi connectivity index (χ3n) is 4.29. The van der Waals surface area contributed by atoms with Crippen molar-refractivity contribution in [3.63, 3.8) is 0 Å². The van der Waals surface area contributed by atoms with Gasteiger partial charge >= 0.3 is 0 Å². The number of aldehydes is 1. The molecular weight excluding hydrogens is 406 g/mol. The predicted molar refractivity (Wildman–Crippen MR) is 110 cm³/mol. The largest absolute Gasteiger partial charge is 0.382 e. The van der Waals surface area contributed by atoms with E-state index in [0.29, 0.717) is 47.6 Å². The molecule has 3 rings (SSSR count). The molecular formula is C22H20F2N4O3. The topological polar surface area (TPSA) is 79.1 Å². The van der Waals surface area contributed by atoms with Gasteiger partial charge in [-0.05, 0) is 63.5 Å². The summed E-state index contributed by atoms with van der Waals surface area (Å²) in [7, 11) is 1.56. The van der Waals surface area contributed by atoms with Gasteiger partial charge in [0.15, 0.2) is 5.82 Å². The molecule has 31 heavy (non-hydrogen) atoms. The van der Waals surface area contributed by atoms with Crippen molar-refractivity contribution in [3.8, 4) is 0 Å². The smallest absolute Gasteiger partial charge is 0.185 e. The molecule has 0 unspecified atom stereocenters. The SMILES string of the molecule is COCCOCn1nnnc1C(/C=C/C=O)=C(c1ccc(F)cc1)c1ccc(F)cc1. The number of carbonyl (C=O) groups is 1. The first kappa shape index (κ1) is 22.1. The number of methoxy groups -OCH3 is 1. The Bertz CT molecular complexity index is 1010. The van der Waals surface area contributed by atoms with Crippen molar-refractivity contribution >= 4 is 17.4 Å². The quantitative estimate of drug-likeness (QED) is 0.214. The molecule has 0 aliphatic rings. The van der Waals surface area contributed by atoms with Gasteiger partial charge in [-0.25, -0.2) is 8.78 Å². The molecule has 160 valence electrons. The molecule has 1 heterocycles. The molecule has 0 amide bonds. The Kier molecular flexibility index (Phi) is 7.85. The fourth-order valence-corrected chi connectivity index (χ4v) is 2.89. The van der Waals surface area contributed by atoms with E-state index in [0.717, 1.165) is 0 Å². The zero-order chi connectivity index (χ0) is 22.1. The highest BCUT2D eigenvalue weighted by Gasteiger charge is 2.18. The van der Waals surface area contributed by atoms with E-state index >= 15 is 0 Å². The van der Waals surface area contributed by atoms with Crippen molar-refractivity contribution in [1.29, 1.82) is 0 Å². The van der Waals surface area contributed by atoms with Crippen LogP contribution in [0.3, 0.4) is 0 Å². The fourth-order valence-electron chi connectivity index (χ4n) is 2.89. The number of carbonyl (C=O) groups excluding carboxylic acids is 1. The molecule has 0 saturated heterocycles. The van der Waals surface area contributed by atoms with E-state index in [-0.39, 0.29) is 6.73 Å². The number of nitrogens with zero attached hydrogens (tertiary/aromatic N) is 4. The highest BCUT2D eigenvalue weighted by Crippen LogP contribution is 2.32. The molecule has 2 aromatic carbocycles. The Morgan fingerprint density at radius 1 is 1.00 bits per heavy atom. The lowest BCUT2D eigenvalue weighted by atomic mass is 9.92. The van der Waals surface area contributed by atoms with Gasteiger partial charge in [0, 0.05) is 12.7 Å². The van der Waals surface area contributed by atoms with Crippen LogP contribution < -0.4 is 0 Å². The summed E-state index contributed by atoms with van der Waals surface area (Å²) in [5.74, 6) is -0.480. The second-order valence-corrected chi connectivity index (χ2v) is 6.33. The second-order valence-electron chi connectivity index (χ2n) is 6.33. The molecule has 0 N–H and O–H groups in total. The van der Waals surface area contributed by atoms with E-state index < -0.39 is 11.6 Å². The molecule has 0 radical (unpaired) electrons. The summed E-state index contributed by atoms with van der Waals surface area (Å²) in [4.78, 5) is 11.1. The molecule has 0 aliphatic carbocycles. The van der Waals surface area contributed by atoms with Crippen molar-refractivity contribution in [2.24, 2.45) is 0 Å². The van der Waals surface area contributed by atoms with Crippen LogP contribution in [0.4, 0.5) is 8.78 Å². The van der Waals surface area contributed by atoms with Crippen LogP contribution in [0, 0.1) is 11.6 Å². The molecule has 7 nitrogen and oxygen atoms in total. The molecule has 0 fully saturated rings. The van der Waals surface area contributed by atoms with Gasteiger partial charge in [0.2, 0.25) is 0 Å². The Balaban J connectivity index is 2.18. The molecule has 9 heteroatoms. The summed E-state index contributed by atoms with van der Waals surface area (Å²) in [6.07, 6.45) is 3.47. The van der Waals surface area contributed by atoms with Crippen molar-refractivity contribution in [2.45, 2.75) is 6.73 Å². The summed E-state index contributed by atoms with van der Waals surface area (Å²) in [5, 5.41) is 11.8. The molecule has 3 aromatic rings. The summed E-state index contributed by atoms with van der Waals surface area (Å²) in [6.45, 7) is 0.785. The van der Waals surface area contributed by atoms with Crippen molar-refractivity contribution < 1.29 is 23.0 Å². The van der Waals surface area contributed by atoms with Gasteiger partial charge in [-0.1, -0.05) is 24.3 Å². The van der Waals surface area contributed by atoms with Crippen LogP contribution in [0.2, 0.25) is 0 Å². The minimum Gasteiger partial charge on any atom is -0.382 e. The first-order valence-electron chi connectivity index (χ1n) is 9.35. The lowest BCUT2D eigenvalue weighted by molar-refractivity contribution is -0.104. The lowest BCUT2D eigenvalue weighted by Crippen LogP contribution is -2.11. The average Bonchev–Trinajstić information content (AvgIpc) is 3.24. The van der Waals surface area contributed by atoms with Gasteiger partial charge < -0.3 is 9.47 Å². The lowest BCUT2D eigenvalue weighted by Gasteiger charge is -2.14. The van der Waals surface area contributed by atoms with Gasteiger partial charge in [0.1, 0.15) is 24.7 Å². The van der Waals surface area contributed by atoms with Gasteiger partial charge in [-0.3, -0.25) is 4.79 Å². The Morgan fingerprint density at radius 3 is 2.16 bits per heavy atom. The molecule has 0 aliphatic heterocycles. The zero-order valence-electron chi connectivity index (χ0n) is 16.7. The molecule has 0 bridgehead atoms.